The molecule has 0 radical (unpaired) electrons. The minimum Gasteiger partial charge on any atom is -0.465 e. The molecule has 2 aliphatic carbocycles. The molecule has 1 saturated carbocycles. The Bertz CT molecular complexity index is 1030. The van der Waals surface area contributed by atoms with Crippen molar-refractivity contribution in [1.82, 2.24) is 0 Å². The molecule has 208 valence electrons. The van der Waals surface area contributed by atoms with Gasteiger partial charge in [-0.15, -0.1) is 0 Å². The Kier molecular flexibility index (Phi) is 12.7. The number of esters is 2. The van der Waals surface area contributed by atoms with E-state index in [1.807, 2.05) is 69.4 Å². The highest BCUT2D eigenvalue weighted by atomic mass is 16.5. The van der Waals surface area contributed by atoms with Gasteiger partial charge >= 0.3 is 11.9 Å². The smallest absolute Gasteiger partial charge is 0.307 e. The van der Waals surface area contributed by atoms with Gasteiger partial charge in [-0.2, -0.15) is 0 Å². The van der Waals surface area contributed by atoms with E-state index in [9.17, 15) is 14.4 Å². The summed E-state index contributed by atoms with van der Waals surface area (Å²) in [6.45, 7) is 12.4. The number of rotatable bonds is 11. The van der Waals surface area contributed by atoms with E-state index >= 15 is 0 Å². The number of carbonyl (C=O) groups excluding carboxylic acids is 3. The van der Waals surface area contributed by atoms with E-state index in [4.69, 9.17) is 9.47 Å². The Balaban J connectivity index is 1.92. The largest absolute Gasteiger partial charge is 0.465 e. The Hall–Kier alpha value is -2.95. The van der Waals surface area contributed by atoms with Crippen LogP contribution in [0.2, 0.25) is 0 Å². The summed E-state index contributed by atoms with van der Waals surface area (Å²) in [5.41, 5.74) is 3.43. The molecule has 0 saturated heterocycles. The second kappa shape index (κ2) is 15.5. The van der Waals surface area contributed by atoms with Crippen LogP contribution < -0.4 is 0 Å². The lowest BCUT2D eigenvalue weighted by Gasteiger charge is -2.36. The number of ketones is 1. The normalized spacial score (nSPS) is 21.6. The number of Topliss-reactive ketones (excluding diaryl/α,β-unsaturated/α-hetero) is 1. The van der Waals surface area contributed by atoms with Crippen molar-refractivity contribution in [2.24, 2.45) is 11.3 Å². The Morgan fingerprint density at radius 3 is 2.26 bits per heavy atom. The second-order valence-electron chi connectivity index (χ2n) is 11.2. The van der Waals surface area contributed by atoms with Gasteiger partial charge in [-0.3, -0.25) is 14.4 Å². The van der Waals surface area contributed by atoms with Gasteiger partial charge in [-0.1, -0.05) is 92.9 Å². The molecule has 0 aromatic heterocycles. The van der Waals surface area contributed by atoms with Crippen molar-refractivity contribution in [1.29, 1.82) is 0 Å². The molecule has 0 heterocycles. The molecular weight excluding hydrogens is 476 g/mol. The molecule has 0 aromatic rings. The van der Waals surface area contributed by atoms with E-state index in [-0.39, 0.29) is 30.0 Å². The lowest BCUT2D eigenvalue weighted by atomic mass is 9.71. The van der Waals surface area contributed by atoms with Gasteiger partial charge in [0.25, 0.3) is 0 Å². The van der Waals surface area contributed by atoms with Crippen LogP contribution in [0.25, 0.3) is 0 Å². The minimum absolute atomic E-state index is 0.0245. The fourth-order valence-corrected chi connectivity index (χ4v) is 4.98. The van der Waals surface area contributed by atoms with Crippen LogP contribution in [0.15, 0.2) is 70.9 Å². The second-order valence-corrected chi connectivity index (χ2v) is 11.2. The van der Waals surface area contributed by atoms with Gasteiger partial charge in [-0.25, -0.2) is 0 Å². The first-order valence-corrected chi connectivity index (χ1v) is 14.0. The van der Waals surface area contributed by atoms with Crippen LogP contribution in [-0.4, -0.2) is 30.4 Å². The predicted molar refractivity (Wildman–Crippen MR) is 153 cm³/mol. The van der Waals surface area contributed by atoms with Crippen LogP contribution in [0.5, 0.6) is 0 Å². The van der Waals surface area contributed by atoms with Gasteiger partial charge in [0.05, 0.1) is 19.4 Å². The van der Waals surface area contributed by atoms with Crippen molar-refractivity contribution >= 4 is 17.7 Å². The Morgan fingerprint density at radius 1 is 0.947 bits per heavy atom. The van der Waals surface area contributed by atoms with Gasteiger partial charge in [-0.05, 0) is 63.0 Å². The number of hydrogen-bond donors (Lipinski definition) is 0. The lowest BCUT2D eigenvalue weighted by Crippen LogP contribution is -2.39. The summed E-state index contributed by atoms with van der Waals surface area (Å²) >= 11 is 0. The van der Waals surface area contributed by atoms with Crippen LogP contribution in [0.3, 0.4) is 0 Å². The van der Waals surface area contributed by atoms with Gasteiger partial charge < -0.3 is 9.47 Å². The zero-order valence-corrected chi connectivity index (χ0v) is 24.2. The fraction of sp³-hybridized carbons (Fsp3) is 0.545. The molecule has 5 heteroatoms. The van der Waals surface area contributed by atoms with Gasteiger partial charge in [0.2, 0.25) is 0 Å². The third-order valence-corrected chi connectivity index (χ3v) is 7.29. The van der Waals surface area contributed by atoms with Crippen molar-refractivity contribution in [3.63, 3.8) is 0 Å². The molecule has 1 atom stereocenters. The summed E-state index contributed by atoms with van der Waals surface area (Å²) in [7, 11) is 0. The molecule has 0 bridgehead atoms. The Labute approximate surface area is 229 Å². The third-order valence-electron chi connectivity index (χ3n) is 7.29. The topological polar surface area (TPSA) is 69.7 Å². The maximum Gasteiger partial charge on any atom is 0.307 e. The first kappa shape index (κ1) is 31.3. The van der Waals surface area contributed by atoms with Crippen LogP contribution in [0.4, 0.5) is 0 Å². The van der Waals surface area contributed by atoms with Crippen molar-refractivity contribution in [3.8, 4) is 0 Å². The summed E-state index contributed by atoms with van der Waals surface area (Å²) in [6.07, 6.45) is 21.4. The highest BCUT2D eigenvalue weighted by Gasteiger charge is 2.39. The van der Waals surface area contributed by atoms with E-state index in [0.29, 0.717) is 24.5 Å². The van der Waals surface area contributed by atoms with E-state index < -0.39 is 12.1 Å². The molecule has 1 unspecified atom stereocenters. The van der Waals surface area contributed by atoms with Gasteiger partial charge in [0.15, 0.2) is 11.9 Å². The number of ether oxygens (including phenoxy) is 2. The predicted octanol–water partition coefficient (Wildman–Crippen LogP) is 7.70. The summed E-state index contributed by atoms with van der Waals surface area (Å²) in [6, 6.07) is 0. The SMILES string of the molecule is C/C=C/C=C(C)/C=C/C=C(C)/C=C/C1=C(C)C(=O)C(OC(=O)CCC(=O)OCC2CCCCC2)CC1(C)C. The quantitative estimate of drug-likeness (QED) is 0.205. The zero-order valence-electron chi connectivity index (χ0n) is 24.2. The standard InChI is InChI=1S/C33H46O5/c1-7-8-13-24(2)14-12-15-25(3)18-19-28-26(4)32(36)29(22-33(28,5)6)38-31(35)21-20-30(34)37-23-27-16-10-9-11-17-27/h7-8,12-15,18-19,27,29H,9-11,16-17,20-23H2,1-6H3/b8-7+,14-12+,19-18+,24-13+,25-15+. The molecule has 1 fully saturated rings. The number of allylic oxidation sites excluding steroid dienone is 11. The fourth-order valence-electron chi connectivity index (χ4n) is 4.98. The average molecular weight is 523 g/mol. The van der Waals surface area contributed by atoms with Crippen LogP contribution in [0.1, 0.15) is 92.9 Å². The molecule has 0 aliphatic heterocycles. The summed E-state index contributed by atoms with van der Waals surface area (Å²) in [4.78, 5) is 37.6. The molecule has 0 amide bonds. The molecule has 0 N–H and O–H groups in total. The third kappa shape index (κ3) is 10.4. The lowest BCUT2D eigenvalue weighted by molar-refractivity contribution is -0.158. The average Bonchev–Trinajstić information content (AvgIpc) is 2.88. The van der Waals surface area contributed by atoms with Crippen LogP contribution in [0, 0.1) is 11.3 Å². The molecule has 0 aromatic carbocycles. The summed E-state index contributed by atoms with van der Waals surface area (Å²) in [5.74, 6) is -0.660. The molecule has 5 nitrogen and oxygen atoms in total. The first-order chi connectivity index (χ1) is 18.0. The van der Waals surface area contributed by atoms with Crippen LogP contribution in [-0.2, 0) is 23.9 Å². The molecule has 2 rings (SSSR count). The van der Waals surface area contributed by atoms with E-state index in [2.05, 4.69) is 13.8 Å². The highest BCUT2D eigenvalue weighted by molar-refractivity contribution is 6.01. The zero-order chi connectivity index (χ0) is 28.1. The van der Waals surface area contributed by atoms with E-state index in [0.717, 1.165) is 29.6 Å². The van der Waals surface area contributed by atoms with Crippen molar-refractivity contribution in [2.75, 3.05) is 6.61 Å². The Morgan fingerprint density at radius 2 is 1.58 bits per heavy atom. The molecular formula is C33H46O5. The van der Waals surface area contributed by atoms with Crippen LogP contribution >= 0.6 is 0 Å². The van der Waals surface area contributed by atoms with Crippen molar-refractivity contribution in [2.45, 2.75) is 99.0 Å². The van der Waals surface area contributed by atoms with Gasteiger partial charge in [0.1, 0.15) is 0 Å². The summed E-state index contributed by atoms with van der Waals surface area (Å²) < 4.78 is 10.9. The maximum absolute atomic E-state index is 13.1. The molecule has 38 heavy (non-hydrogen) atoms. The monoisotopic (exact) mass is 522 g/mol. The van der Waals surface area contributed by atoms with Crippen molar-refractivity contribution in [3.05, 3.63) is 70.9 Å². The number of hydrogen-bond acceptors (Lipinski definition) is 5. The summed E-state index contributed by atoms with van der Waals surface area (Å²) in [5, 5.41) is 0. The highest BCUT2D eigenvalue weighted by Crippen LogP contribution is 2.41. The van der Waals surface area contributed by atoms with Crippen molar-refractivity contribution < 1.29 is 23.9 Å². The first-order valence-electron chi connectivity index (χ1n) is 14.0. The molecule has 2 aliphatic rings. The van der Waals surface area contributed by atoms with E-state index in [1.165, 1.54) is 19.3 Å². The minimum atomic E-state index is -0.834. The number of carbonyl (C=O) groups is 3. The van der Waals surface area contributed by atoms with E-state index in [1.54, 1.807) is 6.92 Å². The van der Waals surface area contributed by atoms with Gasteiger partial charge in [0, 0.05) is 6.42 Å². The molecule has 0 spiro atoms. The maximum atomic E-state index is 13.1.